The largest absolute Gasteiger partial charge is 0.387 e. The number of nitrogens with zero attached hydrogens (tertiary/aromatic N) is 4. The van der Waals surface area contributed by atoms with Crippen LogP contribution in [0.25, 0.3) is 11.0 Å². The molecule has 0 aliphatic rings. The molecule has 2 N–H and O–H groups in total. The highest BCUT2D eigenvalue weighted by Crippen LogP contribution is 2.35. The van der Waals surface area contributed by atoms with Crippen LogP contribution in [-0.2, 0) is 13.0 Å². The van der Waals surface area contributed by atoms with E-state index in [0.717, 1.165) is 22.5 Å². The van der Waals surface area contributed by atoms with Crippen LogP contribution in [0.2, 0.25) is 5.02 Å². The van der Waals surface area contributed by atoms with E-state index in [1.54, 1.807) is 17.3 Å². The molecular formula is C23H28ClN5O. The number of benzene rings is 2. The maximum atomic E-state index is 11.1. The second-order valence-electron chi connectivity index (χ2n) is 8.42. The number of H-pyrrole nitrogens is 1. The van der Waals surface area contributed by atoms with Gasteiger partial charge in [0.15, 0.2) is 0 Å². The molecule has 1 unspecified atom stereocenters. The van der Waals surface area contributed by atoms with Gasteiger partial charge in [0.1, 0.15) is 12.7 Å². The molecule has 7 heteroatoms. The van der Waals surface area contributed by atoms with Crippen LogP contribution in [0.5, 0.6) is 0 Å². The van der Waals surface area contributed by atoms with Gasteiger partial charge in [-0.2, -0.15) is 5.10 Å². The Labute approximate surface area is 182 Å². The standard InChI is InChI=1S/C16H22ClN3O.C7H6N2/c1-15(2,3)16(21,10-20-12-18-11-19-20)9-8-13-4-6-14(17)7-5-13;1-2-4-7-6(3-1)8-5-9-7/h4-7,11-12,21H,8-10H2,1-3H3;1-5H,(H,8,9). The summed E-state index contributed by atoms with van der Waals surface area (Å²) >= 11 is 5.90. The molecule has 0 aliphatic heterocycles. The summed E-state index contributed by atoms with van der Waals surface area (Å²) in [5.41, 5.74) is 2.17. The third-order valence-electron chi connectivity index (χ3n) is 5.35. The van der Waals surface area contributed by atoms with Gasteiger partial charge in [0, 0.05) is 5.02 Å². The number of hydrogen-bond acceptors (Lipinski definition) is 4. The van der Waals surface area contributed by atoms with Crippen molar-refractivity contribution in [1.82, 2.24) is 24.7 Å². The zero-order valence-electron chi connectivity index (χ0n) is 17.6. The molecule has 4 rings (SSSR count). The van der Waals surface area contributed by atoms with Gasteiger partial charge < -0.3 is 10.1 Å². The van der Waals surface area contributed by atoms with Crippen LogP contribution in [0.3, 0.4) is 0 Å². The molecular weight excluding hydrogens is 398 g/mol. The van der Waals surface area contributed by atoms with Crippen molar-refractivity contribution in [3.8, 4) is 0 Å². The third-order valence-corrected chi connectivity index (χ3v) is 5.61. The Kier molecular flexibility index (Phi) is 6.90. The highest BCUT2D eigenvalue weighted by Gasteiger charge is 2.40. The smallest absolute Gasteiger partial charge is 0.137 e. The first-order valence-electron chi connectivity index (χ1n) is 9.94. The second-order valence-corrected chi connectivity index (χ2v) is 8.86. The van der Waals surface area contributed by atoms with Crippen LogP contribution in [0.15, 0.2) is 67.5 Å². The van der Waals surface area contributed by atoms with Gasteiger partial charge in [-0.1, -0.05) is 56.6 Å². The van der Waals surface area contributed by atoms with E-state index in [1.165, 1.54) is 11.9 Å². The zero-order valence-corrected chi connectivity index (χ0v) is 18.3. The molecule has 0 saturated heterocycles. The minimum Gasteiger partial charge on any atom is -0.387 e. The first-order valence-corrected chi connectivity index (χ1v) is 10.3. The van der Waals surface area contributed by atoms with Gasteiger partial charge in [-0.3, -0.25) is 4.68 Å². The monoisotopic (exact) mass is 425 g/mol. The van der Waals surface area contributed by atoms with Crippen molar-refractivity contribution < 1.29 is 5.11 Å². The van der Waals surface area contributed by atoms with Crippen molar-refractivity contribution in [2.24, 2.45) is 5.41 Å². The van der Waals surface area contributed by atoms with Crippen LogP contribution in [0.4, 0.5) is 0 Å². The molecule has 0 spiro atoms. The highest BCUT2D eigenvalue weighted by atomic mass is 35.5. The number of para-hydroxylation sites is 2. The number of nitrogens with one attached hydrogen (secondary N) is 1. The van der Waals surface area contributed by atoms with Crippen molar-refractivity contribution in [3.05, 3.63) is 78.1 Å². The van der Waals surface area contributed by atoms with Crippen LogP contribution in [0.1, 0.15) is 32.8 Å². The molecule has 0 bridgehead atoms. The quantitative estimate of drug-likeness (QED) is 0.476. The van der Waals surface area contributed by atoms with E-state index in [4.69, 9.17) is 11.6 Å². The Bertz CT molecular complexity index is 1010. The normalized spacial score (nSPS) is 13.5. The molecule has 6 nitrogen and oxygen atoms in total. The summed E-state index contributed by atoms with van der Waals surface area (Å²) in [6, 6.07) is 15.7. The van der Waals surface area contributed by atoms with E-state index in [-0.39, 0.29) is 5.41 Å². The Hall–Kier alpha value is -2.70. The van der Waals surface area contributed by atoms with Crippen molar-refractivity contribution in [2.45, 2.75) is 45.8 Å². The molecule has 2 aromatic heterocycles. The number of halogens is 1. The maximum Gasteiger partial charge on any atom is 0.137 e. The first-order chi connectivity index (χ1) is 14.3. The number of fused-ring (bicyclic) bond motifs is 1. The van der Waals surface area contributed by atoms with E-state index in [2.05, 4.69) is 20.1 Å². The van der Waals surface area contributed by atoms with Crippen LogP contribution in [-0.4, -0.2) is 35.4 Å². The van der Waals surface area contributed by atoms with Gasteiger partial charge in [0.05, 0.1) is 29.5 Å². The molecule has 2 heterocycles. The van der Waals surface area contributed by atoms with E-state index in [1.807, 2.05) is 69.3 Å². The summed E-state index contributed by atoms with van der Waals surface area (Å²) in [6.45, 7) is 6.58. The summed E-state index contributed by atoms with van der Waals surface area (Å²) in [6.07, 6.45) is 6.27. The molecule has 0 fully saturated rings. The lowest BCUT2D eigenvalue weighted by Crippen LogP contribution is -2.47. The number of aliphatic hydroxyl groups is 1. The van der Waals surface area contributed by atoms with E-state index in [0.29, 0.717) is 13.0 Å². The van der Waals surface area contributed by atoms with E-state index < -0.39 is 5.60 Å². The van der Waals surface area contributed by atoms with Gasteiger partial charge in [-0.15, -0.1) is 0 Å². The Morgan fingerprint density at radius 1 is 1.07 bits per heavy atom. The van der Waals surface area contributed by atoms with Gasteiger partial charge in [-0.05, 0) is 48.1 Å². The topological polar surface area (TPSA) is 79.6 Å². The minimum atomic E-state index is -0.861. The average molecular weight is 426 g/mol. The van der Waals surface area contributed by atoms with Gasteiger partial charge in [-0.25, -0.2) is 9.97 Å². The first kappa shape index (κ1) is 22.0. The highest BCUT2D eigenvalue weighted by molar-refractivity contribution is 6.30. The minimum absolute atomic E-state index is 0.259. The number of rotatable bonds is 5. The van der Waals surface area contributed by atoms with Gasteiger partial charge in [0.25, 0.3) is 0 Å². The number of aryl methyl sites for hydroxylation is 1. The van der Waals surface area contributed by atoms with Crippen molar-refractivity contribution >= 4 is 22.6 Å². The summed E-state index contributed by atoms with van der Waals surface area (Å²) < 4.78 is 1.69. The van der Waals surface area contributed by atoms with Crippen LogP contribution in [0, 0.1) is 5.41 Å². The molecule has 158 valence electrons. The predicted octanol–water partition coefficient (Wildman–Crippen LogP) is 4.90. The van der Waals surface area contributed by atoms with Crippen molar-refractivity contribution in [2.75, 3.05) is 0 Å². The van der Waals surface area contributed by atoms with Gasteiger partial charge >= 0.3 is 0 Å². The fourth-order valence-electron chi connectivity index (χ4n) is 3.16. The van der Waals surface area contributed by atoms with Crippen LogP contribution < -0.4 is 0 Å². The lowest BCUT2D eigenvalue weighted by atomic mass is 9.73. The summed E-state index contributed by atoms with van der Waals surface area (Å²) in [5, 5.41) is 16.0. The number of aromatic amines is 1. The van der Waals surface area contributed by atoms with Gasteiger partial charge in [0.2, 0.25) is 0 Å². The summed E-state index contributed by atoms with van der Waals surface area (Å²) in [4.78, 5) is 11.0. The SMILES string of the molecule is CC(C)(C)C(O)(CCc1ccc(Cl)cc1)Cn1cncn1.c1ccc2[nH]cnc2c1. The lowest BCUT2D eigenvalue weighted by Gasteiger charge is -2.40. The molecule has 0 amide bonds. The number of hydrogen-bond donors (Lipinski definition) is 2. The number of aromatic nitrogens is 5. The lowest BCUT2D eigenvalue weighted by molar-refractivity contribution is -0.0796. The van der Waals surface area contributed by atoms with Crippen molar-refractivity contribution in [1.29, 1.82) is 0 Å². The van der Waals surface area contributed by atoms with Crippen molar-refractivity contribution in [3.63, 3.8) is 0 Å². The molecule has 2 aromatic carbocycles. The third kappa shape index (κ3) is 5.68. The Morgan fingerprint density at radius 3 is 2.43 bits per heavy atom. The second kappa shape index (κ2) is 9.41. The van der Waals surface area contributed by atoms with E-state index in [9.17, 15) is 5.11 Å². The fraction of sp³-hybridized carbons (Fsp3) is 0.348. The summed E-state index contributed by atoms with van der Waals surface area (Å²) in [5.74, 6) is 0. The molecule has 0 aliphatic carbocycles. The molecule has 30 heavy (non-hydrogen) atoms. The number of imidazole rings is 1. The molecule has 0 radical (unpaired) electrons. The van der Waals surface area contributed by atoms with Crippen LogP contribution >= 0.6 is 11.6 Å². The zero-order chi connectivity index (χ0) is 21.6. The average Bonchev–Trinajstić information content (AvgIpc) is 3.39. The predicted molar refractivity (Wildman–Crippen MR) is 120 cm³/mol. The van der Waals surface area contributed by atoms with E-state index >= 15 is 0 Å². The fourth-order valence-corrected chi connectivity index (χ4v) is 3.28. The Morgan fingerprint density at radius 2 is 1.80 bits per heavy atom. The molecule has 4 aromatic rings. The molecule has 1 atom stereocenters. The Balaban J connectivity index is 0.000000234. The molecule has 0 saturated carbocycles. The summed E-state index contributed by atoms with van der Waals surface area (Å²) in [7, 11) is 0. The maximum absolute atomic E-state index is 11.1.